The number of hydrogen-bond acceptors (Lipinski definition) is 3. The average molecular weight is 301 g/mol. The highest BCUT2D eigenvalue weighted by Crippen LogP contribution is 2.29. The molecule has 1 aromatic carbocycles. The third-order valence-electron chi connectivity index (χ3n) is 2.58. The summed E-state index contributed by atoms with van der Waals surface area (Å²) in [5, 5.41) is 3.13. The molecule has 1 rings (SSSR count). The Bertz CT molecular complexity index is 409. The van der Waals surface area contributed by atoms with Crippen LogP contribution in [0.2, 0.25) is 0 Å². The van der Waals surface area contributed by atoms with Gasteiger partial charge in [-0.25, -0.2) is 0 Å². The van der Waals surface area contributed by atoms with Gasteiger partial charge in [-0.05, 0) is 39.1 Å². The lowest BCUT2D eigenvalue weighted by molar-refractivity contribution is -0.124. The first-order valence-corrected chi connectivity index (χ1v) is 6.17. The number of amides is 1. The van der Waals surface area contributed by atoms with Crippen LogP contribution in [0.3, 0.4) is 0 Å². The molecule has 1 aromatic rings. The molecule has 94 valence electrons. The second-order valence-corrected chi connectivity index (χ2v) is 4.77. The number of nitrogens with one attached hydrogen (secondary N) is 1. The molecule has 4 nitrogen and oxygen atoms in total. The Balaban J connectivity index is 3.02. The smallest absolute Gasteiger partial charge is 0.258 e. The van der Waals surface area contributed by atoms with Gasteiger partial charge in [0.2, 0.25) is 0 Å². The first-order valence-electron chi connectivity index (χ1n) is 5.38. The average Bonchev–Trinajstić information content (AvgIpc) is 2.30. The molecule has 0 aliphatic carbocycles. The molecular formula is C12H17BrN2O2. The molecule has 0 fully saturated rings. The first kappa shape index (κ1) is 14.0. The van der Waals surface area contributed by atoms with Gasteiger partial charge in [0, 0.05) is 16.1 Å². The van der Waals surface area contributed by atoms with Gasteiger partial charge in [0.05, 0.1) is 0 Å². The summed E-state index contributed by atoms with van der Waals surface area (Å²) < 4.78 is 6.52. The SMILES string of the molecule is CNC(C)c1cc(Br)ccc1OC(C)C(N)=O. The van der Waals surface area contributed by atoms with Crippen molar-refractivity contribution in [3.8, 4) is 5.75 Å². The van der Waals surface area contributed by atoms with Crippen LogP contribution in [-0.4, -0.2) is 19.1 Å². The maximum absolute atomic E-state index is 11.0. The normalized spacial score (nSPS) is 14.1. The topological polar surface area (TPSA) is 64.3 Å². The predicted octanol–water partition coefficient (Wildman–Crippen LogP) is 1.98. The number of hydrogen-bond donors (Lipinski definition) is 2. The second kappa shape index (κ2) is 6.02. The number of carbonyl (C=O) groups excluding carboxylic acids is 1. The van der Waals surface area contributed by atoms with Crippen molar-refractivity contribution in [2.45, 2.75) is 26.0 Å². The minimum atomic E-state index is -0.640. The van der Waals surface area contributed by atoms with Crippen molar-refractivity contribution in [3.63, 3.8) is 0 Å². The van der Waals surface area contributed by atoms with E-state index in [1.807, 2.05) is 32.2 Å². The summed E-state index contributed by atoms with van der Waals surface area (Å²) in [5.74, 6) is 0.192. The van der Waals surface area contributed by atoms with Crippen LogP contribution in [0, 0.1) is 0 Å². The lowest BCUT2D eigenvalue weighted by atomic mass is 10.1. The highest BCUT2D eigenvalue weighted by Gasteiger charge is 2.15. The fourth-order valence-corrected chi connectivity index (χ4v) is 1.75. The molecular weight excluding hydrogens is 284 g/mol. The van der Waals surface area contributed by atoms with Crippen LogP contribution in [-0.2, 0) is 4.79 Å². The lowest BCUT2D eigenvalue weighted by Crippen LogP contribution is -2.31. The standard InChI is InChI=1S/C12H17BrN2O2/c1-7(15-3)10-6-9(13)4-5-11(10)17-8(2)12(14)16/h4-8,15H,1-3H3,(H2,14,16). The molecule has 0 aromatic heterocycles. The fraction of sp³-hybridized carbons (Fsp3) is 0.417. The summed E-state index contributed by atoms with van der Waals surface area (Å²) in [6.45, 7) is 3.65. The van der Waals surface area contributed by atoms with Crippen molar-refractivity contribution in [2.75, 3.05) is 7.05 Å². The molecule has 0 saturated carbocycles. The second-order valence-electron chi connectivity index (χ2n) is 3.85. The van der Waals surface area contributed by atoms with E-state index >= 15 is 0 Å². The van der Waals surface area contributed by atoms with Gasteiger partial charge in [0.25, 0.3) is 5.91 Å². The van der Waals surface area contributed by atoms with Crippen molar-refractivity contribution in [1.29, 1.82) is 0 Å². The Hall–Kier alpha value is -1.07. The Morgan fingerprint density at radius 3 is 2.65 bits per heavy atom. The molecule has 0 aliphatic rings. The molecule has 2 atom stereocenters. The molecule has 0 spiro atoms. The molecule has 0 heterocycles. The van der Waals surface area contributed by atoms with Gasteiger partial charge < -0.3 is 15.8 Å². The van der Waals surface area contributed by atoms with E-state index in [2.05, 4.69) is 21.2 Å². The van der Waals surface area contributed by atoms with Gasteiger partial charge in [-0.3, -0.25) is 4.79 Å². The van der Waals surface area contributed by atoms with E-state index in [9.17, 15) is 4.79 Å². The minimum Gasteiger partial charge on any atom is -0.481 e. The number of halogens is 1. The van der Waals surface area contributed by atoms with Gasteiger partial charge in [-0.15, -0.1) is 0 Å². The largest absolute Gasteiger partial charge is 0.481 e. The van der Waals surface area contributed by atoms with Crippen LogP contribution >= 0.6 is 15.9 Å². The summed E-state index contributed by atoms with van der Waals surface area (Å²) in [5.41, 5.74) is 6.17. The van der Waals surface area contributed by atoms with E-state index in [1.54, 1.807) is 6.92 Å². The van der Waals surface area contributed by atoms with Crippen LogP contribution in [0.1, 0.15) is 25.5 Å². The summed E-state index contributed by atoms with van der Waals surface area (Å²) in [6, 6.07) is 5.79. The molecule has 1 amide bonds. The van der Waals surface area contributed by atoms with Crippen molar-refractivity contribution in [1.82, 2.24) is 5.32 Å². The zero-order chi connectivity index (χ0) is 13.0. The zero-order valence-electron chi connectivity index (χ0n) is 10.2. The van der Waals surface area contributed by atoms with Crippen molar-refractivity contribution >= 4 is 21.8 Å². The van der Waals surface area contributed by atoms with E-state index in [-0.39, 0.29) is 6.04 Å². The van der Waals surface area contributed by atoms with Crippen molar-refractivity contribution in [3.05, 3.63) is 28.2 Å². The van der Waals surface area contributed by atoms with Crippen LogP contribution in [0.15, 0.2) is 22.7 Å². The number of carbonyl (C=O) groups is 1. The monoisotopic (exact) mass is 300 g/mol. The van der Waals surface area contributed by atoms with Crippen LogP contribution < -0.4 is 15.8 Å². The summed E-state index contributed by atoms with van der Waals surface area (Å²) in [6.07, 6.45) is -0.640. The van der Waals surface area contributed by atoms with E-state index in [4.69, 9.17) is 10.5 Å². The molecule has 0 saturated heterocycles. The Morgan fingerprint density at radius 2 is 2.12 bits per heavy atom. The van der Waals surface area contributed by atoms with E-state index in [0.717, 1.165) is 10.0 Å². The highest BCUT2D eigenvalue weighted by molar-refractivity contribution is 9.10. The summed E-state index contributed by atoms with van der Waals surface area (Å²) >= 11 is 3.41. The molecule has 0 aliphatic heterocycles. The van der Waals surface area contributed by atoms with Gasteiger partial charge in [0.1, 0.15) is 5.75 Å². The zero-order valence-corrected chi connectivity index (χ0v) is 11.7. The van der Waals surface area contributed by atoms with E-state index in [0.29, 0.717) is 5.75 Å². The summed E-state index contributed by atoms with van der Waals surface area (Å²) in [7, 11) is 1.87. The number of rotatable bonds is 5. The first-order chi connectivity index (χ1) is 7.95. The molecule has 17 heavy (non-hydrogen) atoms. The quantitative estimate of drug-likeness (QED) is 0.874. The van der Waals surface area contributed by atoms with E-state index in [1.165, 1.54) is 0 Å². The molecule has 3 N–H and O–H groups in total. The van der Waals surface area contributed by atoms with Gasteiger partial charge >= 0.3 is 0 Å². The maximum atomic E-state index is 11.0. The predicted molar refractivity (Wildman–Crippen MR) is 70.9 cm³/mol. The third-order valence-corrected chi connectivity index (χ3v) is 3.07. The van der Waals surface area contributed by atoms with Gasteiger partial charge in [-0.1, -0.05) is 15.9 Å². The van der Waals surface area contributed by atoms with Gasteiger partial charge in [-0.2, -0.15) is 0 Å². The molecule has 0 bridgehead atoms. The lowest BCUT2D eigenvalue weighted by Gasteiger charge is -2.19. The summed E-state index contributed by atoms with van der Waals surface area (Å²) in [4.78, 5) is 11.0. The van der Waals surface area contributed by atoms with Gasteiger partial charge in [0.15, 0.2) is 6.10 Å². The van der Waals surface area contributed by atoms with Crippen LogP contribution in [0.4, 0.5) is 0 Å². The molecule has 0 radical (unpaired) electrons. The van der Waals surface area contributed by atoms with Crippen molar-refractivity contribution in [2.24, 2.45) is 5.73 Å². The van der Waals surface area contributed by atoms with Crippen LogP contribution in [0.25, 0.3) is 0 Å². The number of ether oxygens (including phenoxy) is 1. The van der Waals surface area contributed by atoms with Crippen molar-refractivity contribution < 1.29 is 9.53 Å². The fourth-order valence-electron chi connectivity index (χ4n) is 1.37. The number of nitrogens with two attached hydrogens (primary N) is 1. The molecule has 5 heteroatoms. The Labute approximate surface area is 110 Å². The highest BCUT2D eigenvalue weighted by atomic mass is 79.9. The molecule has 2 unspecified atom stereocenters. The third kappa shape index (κ3) is 3.71. The maximum Gasteiger partial charge on any atom is 0.258 e. The minimum absolute atomic E-state index is 0.127. The Morgan fingerprint density at radius 1 is 1.47 bits per heavy atom. The number of primary amides is 1. The van der Waals surface area contributed by atoms with Crippen LogP contribution in [0.5, 0.6) is 5.75 Å². The Kier molecular flexibility index (Phi) is 4.96. The van der Waals surface area contributed by atoms with E-state index < -0.39 is 12.0 Å². The number of benzene rings is 1.